The molecule has 0 aliphatic carbocycles. The Labute approximate surface area is 291 Å². The minimum atomic E-state index is -2.96. The molecule has 2 atom stereocenters. The molecule has 0 fully saturated rings. The van der Waals surface area contributed by atoms with Gasteiger partial charge < -0.3 is 28.0 Å². The second-order valence-electron chi connectivity index (χ2n) is 12.1. The van der Waals surface area contributed by atoms with Gasteiger partial charge in [0.2, 0.25) is 0 Å². The van der Waals surface area contributed by atoms with E-state index in [4.69, 9.17) is 0 Å². The van der Waals surface area contributed by atoms with E-state index in [1.807, 2.05) is 0 Å². The molecule has 45 heavy (non-hydrogen) atoms. The van der Waals surface area contributed by atoms with Crippen LogP contribution >= 0.6 is 16.5 Å². The zero-order valence-electron chi connectivity index (χ0n) is 29.3. The summed E-state index contributed by atoms with van der Waals surface area (Å²) in [6, 6.07) is 0. The fraction of sp³-hybridized carbons (Fsp3) is 0.889. The molecule has 6 nitrogen and oxygen atoms in total. The van der Waals surface area contributed by atoms with Crippen LogP contribution in [0.4, 0.5) is 0 Å². The monoisotopic (exact) mass is 718 g/mol. The number of hydrogen-bond acceptors (Lipinski definition) is 6. The summed E-state index contributed by atoms with van der Waals surface area (Å²) in [6.45, 7) is 5.25. The van der Waals surface area contributed by atoms with E-state index in [9.17, 15) is 18.9 Å². The summed E-state index contributed by atoms with van der Waals surface area (Å²) < 4.78 is 29.5. The van der Waals surface area contributed by atoms with Gasteiger partial charge in [-0.3, -0.25) is 0 Å². The van der Waals surface area contributed by atoms with E-state index in [1.165, 1.54) is 154 Å². The quantitative estimate of drug-likeness (QED) is 0.0284. The molecule has 9 heteroatoms. The van der Waals surface area contributed by atoms with Crippen molar-refractivity contribution in [3.05, 3.63) is 24.3 Å². The average molecular weight is 719 g/mol. The van der Waals surface area contributed by atoms with E-state index in [1.54, 1.807) is 0 Å². The molecule has 0 aromatic rings. The summed E-state index contributed by atoms with van der Waals surface area (Å²) in [5.41, 5.74) is 0. The van der Waals surface area contributed by atoms with Gasteiger partial charge in [0.1, 0.15) is 16.5 Å². The molecule has 0 spiro atoms. The molecule has 0 bridgehead atoms. The van der Waals surface area contributed by atoms with Crippen molar-refractivity contribution in [1.29, 1.82) is 0 Å². The van der Waals surface area contributed by atoms with Crippen molar-refractivity contribution < 1.29 is 45.0 Å². The van der Waals surface area contributed by atoms with Crippen molar-refractivity contribution in [2.45, 2.75) is 194 Å². The summed E-state index contributed by atoms with van der Waals surface area (Å²) in [7, 11) is -5.92. The van der Waals surface area contributed by atoms with E-state index in [2.05, 4.69) is 47.2 Å². The Morgan fingerprint density at radius 2 is 0.622 bits per heavy atom. The van der Waals surface area contributed by atoms with Crippen LogP contribution in [0.2, 0.25) is 0 Å². The summed E-state index contributed by atoms with van der Waals surface area (Å²) in [4.78, 5) is 20.4. The minimum Gasteiger partial charge on any atom is -0.781 e. The number of allylic oxidation sites excluding steroid dienone is 4. The molecular formula is C36H72FeO6P2. The van der Waals surface area contributed by atoms with Crippen LogP contribution in [0, 0.1) is 0 Å². The molecule has 0 radical (unpaired) electrons. The van der Waals surface area contributed by atoms with Crippen LogP contribution in [-0.4, -0.2) is 13.2 Å². The molecule has 0 rings (SSSR count). The van der Waals surface area contributed by atoms with Gasteiger partial charge in [-0.1, -0.05) is 154 Å². The van der Waals surface area contributed by atoms with E-state index in [0.717, 1.165) is 25.7 Å². The van der Waals surface area contributed by atoms with Crippen molar-refractivity contribution in [2.24, 2.45) is 0 Å². The van der Waals surface area contributed by atoms with E-state index in [-0.39, 0.29) is 17.1 Å². The summed E-state index contributed by atoms with van der Waals surface area (Å²) >= 11 is 0. The Morgan fingerprint density at radius 1 is 0.400 bits per heavy atom. The third-order valence-electron chi connectivity index (χ3n) is 7.75. The summed E-state index contributed by atoms with van der Waals surface area (Å²) in [6.07, 6.45) is 44.6. The molecule has 0 saturated carbocycles. The summed E-state index contributed by atoms with van der Waals surface area (Å²) in [5.74, 6) is 0. The van der Waals surface area contributed by atoms with Crippen LogP contribution in [0.25, 0.3) is 0 Å². The zero-order chi connectivity index (χ0) is 32.6. The molecule has 0 amide bonds. The van der Waals surface area contributed by atoms with Gasteiger partial charge in [-0.05, 0) is 64.2 Å². The summed E-state index contributed by atoms with van der Waals surface area (Å²) in [5, 5.41) is 0. The van der Waals surface area contributed by atoms with E-state index < -0.39 is 16.5 Å². The van der Waals surface area contributed by atoms with Crippen LogP contribution in [0.1, 0.15) is 194 Å². The number of rotatable bonds is 34. The second-order valence-corrected chi connectivity index (χ2v) is 13.6. The maximum Gasteiger partial charge on any atom is 2.00 e. The van der Waals surface area contributed by atoms with Crippen molar-refractivity contribution in [3.63, 3.8) is 0 Å². The predicted octanol–water partition coefficient (Wildman–Crippen LogP) is 11.6. The maximum atomic E-state index is 10.2. The maximum absolute atomic E-state index is 10.2. The average Bonchev–Trinajstić information content (AvgIpc) is 3.00. The van der Waals surface area contributed by atoms with Crippen molar-refractivity contribution in [1.82, 2.24) is 0 Å². The molecule has 2 unspecified atom stereocenters. The predicted molar refractivity (Wildman–Crippen MR) is 189 cm³/mol. The Kier molecular flexibility index (Phi) is 51.3. The fourth-order valence-electron chi connectivity index (χ4n) is 5.01. The van der Waals surface area contributed by atoms with Gasteiger partial charge in [-0.25, -0.2) is 0 Å². The normalized spacial score (nSPS) is 12.7. The number of unbranched alkanes of at least 4 members (excludes halogenated alkanes) is 24. The van der Waals surface area contributed by atoms with Gasteiger partial charge >= 0.3 is 17.1 Å². The Balaban J connectivity index is -0.000000767. The van der Waals surface area contributed by atoms with E-state index >= 15 is 0 Å². The molecule has 0 aromatic carbocycles. The van der Waals surface area contributed by atoms with Crippen LogP contribution in [0.3, 0.4) is 0 Å². The first-order chi connectivity index (χ1) is 21.5. The van der Waals surface area contributed by atoms with Crippen molar-refractivity contribution >= 4 is 16.5 Å². The van der Waals surface area contributed by atoms with Crippen LogP contribution in [0.15, 0.2) is 24.3 Å². The van der Waals surface area contributed by atoms with Crippen LogP contribution in [-0.2, 0) is 35.2 Å². The van der Waals surface area contributed by atoms with Crippen LogP contribution < -0.4 is 9.79 Å². The molecule has 0 N–H and O–H groups in total. The van der Waals surface area contributed by atoms with Gasteiger partial charge in [0, 0.05) is 0 Å². The minimum absolute atomic E-state index is 0. The van der Waals surface area contributed by atoms with Gasteiger partial charge in [-0.2, -0.15) is 0 Å². The molecule has 0 heterocycles. The SMILES string of the molecule is CCCCCCCC/C=C\CCCCCCCCO[PH](=O)[O-].CCCCCCCC/C=C\CCCCCCCCO[PH](=O)[O-].[Fe+2]. The molecule has 0 aliphatic heterocycles. The molecule has 270 valence electrons. The van der Waals surface area contributed by atoms with Gasteiger partial charge in [0.05, 0.1) is 13.2 Å². The van der Waals surface area contributed by atoms with Gasteiger partial charge in [0.15, 0.2) is 0 Å². The third kappa shape index (κ3) is 54.0. The fourth-order valence-corrected chi connectivity index (χ4v) is 5.63. The third-order valence-corrected chi connectivity index (χ3v) is 8.63. The Bertz CT molecular complexity index is 595. The molecule has 0 saturated heterocycles. The van der Waals surface area contributed by atoms with Crippen LogP contribution in [0.5, 0.6) is 0 Å². The second kappa shape index (κ2) is 46.4. The van der Waals surface area contributed by atoms with Crippen molar-refractivity contribution in [2.75, 3.05) is 13.2 Å². The molecule has 0 aliphatic rings. The van der Waals surface area contributed by atoms with Gasteiger partial charge in [-0.15, -0.1) is 0 Å². The van der Waals surface area contributed by atoms with Crippen molar-refractivity contribution in [3.8, 4) is 0 Å². The topological polar surface area (TPSA) is 98.7 Å². The Morgan fingerprint density at radius 3 is 0.867 bits per heavy atom. The smallest absolute Gasteiger partial charge is 0.781 e. The number of hydrogen-bond donors (Lipinski definition) is 0. The van der Waals surface area contributed by atoms with Gasteiger partial charge in [0.25, 0.3) is 0 Å². The molecule has 0 aromatic heterocycles. The van der Waals surface area contributed by atoms with E-state index in [0.29, 0.717) is 13.2 Å². The standard InChI is InChI=1S/2C18H37O3P.Fe/c2*1-2-3-4-5-6-7-8-9-10-11-12-13-14-15-16-17-18-21-22(19)20;/h2*9-10,22H,2-8,11-18H2,1H3,(H,19,20);/q;;+2/p-2/b2*10-9-;. The first-order valence-electron chi connectivity index (χ1n) is 18.5. The molecular weight excluding hydrogens is 646 g/mol. The largest absolute Gasteiger partial charge is 2.00 e. The Hall–Kier alpha value is 0.299. The first-order valence-corrected chi connectivity index (χ1v) is 21.0. The zero-order valence-corrected chi connectivity index (χ0v) is 32.4. The first kappa shape index (κ1) is 49.7.